The predicted octanol–water partition coefficient (Wildman–Crippen LogP) is 2.62. The zero-order chi connectivity index (χ0) is 7.68. The Balaban J connectivity index is 2.54. The van der Waals surface area contributed by atoms with Gasteiger partial charge in [0.2, 0.25) is 0 Å². The molecule has 1 radical (unpaired) electrons. The molecule has 11 heavy (non-hydrogen) atoms. The van der Waals surface area contributed by atoms with Crippen molar-refractivity contribution in [3.63, 3.8) is 0 Å². The molecule has 1 N–H and O–H groups in total. The van der Waals surface area contributed by atoms with Crippen LogP contribution >= 0.6 is 11.6 Å². The second-order valence-corrected chi connectivity index (χ2v) is 2.85. The van der Waals surface area contributed by atoms with E-state index in [4.69, 9.17) is 11.6 Å². The molecule has 0 saturated heterocycles. The lowest BCUT2D eigenvalue weighted by atomic mass is 10.1. The van der Waals surface area contributed by atoms with Gasteiger partial charge in [-0.25, -0.2) is 0 Å². The Labute approximate surface area is 70.7 Å². The second kappa shape index (κ2) is 2.59. The van der Waals surface area contributed by atoms with E-state index in [1.165, 1.54) is 5.56 Å². The molecular weight excluding hydrogens is 158 g/mol. The first-order chi connectivity index (χ1) is 5.38. The van der Waals surface area contributed by atoms with Gasteiger partial charge in [-0.05, 0) is 17.7 Å². The molecule has 0 fully saturated rings. The van der Waals surface area contributed by atoms with E-state index in [1.54, 1.807) is 6.20 Å². The summed E-state index contributed by atoms with van der Waals surface area (Å²) in [5.41, 5.74) is 2.23. The van der Waals surface area contributed by atoms with Crippen LogP contribution in [0.25, 0.3) is 0 Å². The minimum atomic E-state index is 0.778. The van der Waals surface area contributed by atoms with Gasteiger partial charge in [0.25, 0.3) is 0 Å². The van der Waals surface area contributed by atoms with Crippen molar-refractivity contribution >= 4 is 17.3 Å². The van der Waals surface area contributed by atoms with E-state index in [0.717, 1.165) is 17.1 Å². The summed E-state index contributed by atoms with van der Waals surface area (Å²) in [5, 5.41) is 3.84. The standard InChI is InChI=1S/C9H7ClN/c10-8-5-1-3-7-4-2-6-11-9(7)8/h1,3,5-6,11H,4H2. The highest BCUT2D eigenvalue weighted by Gasteiger charge is 2.06. The lowest BCUT2D eigenvalue weighted by Crippen LogP contribution is -2.00. The number of benzene rings is 1. The minimum Gasteiger partial charge on any atom is -0.360 e. The van der Waals surface area contributed by atoms with E-state index in [1.807, 2.05) is 18.2 Å². The molecule has 0 aromatic heterocycles. The van der Waals surface area contributed by atoms with Crippen LogP contribution in [0.5, 0.6) is 0 Å². The molecule has 1 aromatic carbocycles. The van der Waals surface area contributed by atoms with Crippen LogP contribution in [-0.2, 0) is 6.42 Å². The Hall–Kier alpha value is -0.950. The van der Waals surface area contributed by atoms with Gasteiger partial charge >= 0.3 is 0 Å². The van der Waals surface area contributed by atoms with Crippen LogP contribution in [-0.4, -0.2) is 0 Å². The van der Waals surface area contributed by atoms with Crippen molar-refractivity contribution in [1.82, 2.24) is 0 Å². The molecule has 2 rings (SSSR count). The highest BCUT2D eigenvalue weighted by Crippen LogP contribution is 2.28. The fraction of sp³-hybridized carbons (Fsp3) is 0.111. The number of hydrogen-bond acceptors (Lipinski definition) is 1. The highest BCUT2D eigenvalue weighted by molar-refractivity contribution is 6.33. The SMILES string of the molecule is Clc1cccc2c1NC=[C]C2. The summed E-state index contributed by atoms with van der Waals surface area (Å²) >= 11 is 5.93. The number of fused-ring (bicyclic) bond motifs is 1. The maximum absolute atomic E-state index is 5.93. The van der Waals surface area contributed by atoms with Crippen LogP contribution in [0.1, 0.15) is 5.56 Å². The van der Waals surface area contributed by atoms with E-state index in [2.05, 4.69) is 11.4 Å². The van der Waals surface area contributed by atoms with Gasteiger partial charge in [-0.3, -0.25) is 0 Å². The average Bonchev–Trinajstić information content (AvgIpc) is 2.06. The van der Waals surface area contributed by atoms with Crippen molar-refractivity contribution in [1.29, 1.82) is 0 Å². The molecule has 1 aliphatic rings. The number of halogens is 1. The summed E-state index contributed by atoms with van der Waals surface area (Å²) in [6.45, 7) is 0. The number of hydrogen-bond donors (Lipinski definition) is 1. The Morgan fingerprint density at radius 1 is 1.45 bits per heavy atom. The molecule has 0 spiro atoms. The molecule has 0 atom stereocenters. The lowest BCUT2D eigenvalue weighted by molar-refractivity contribution is 1.19. The summed E-state index contributed by atoms with van der Waals surface area (Å²) in [7, 11) is 0. The number of anilines is 1. The average molecular weight is 165 g/mol. The molecule has 0 unspecified atom stereocenters. The fourth-order valence-corrected chi connectivity index (χ4v) is 1.41. The normalized spacial score (nSPS) is 13.9. The predicted molar refractivity (Wildman–Crippen MR) is 46.6 cm³/mol. The number of para-hydroxylation sites is 1. The third-order valence-corrected chi connectivity index (χ3v) is 2.03. The van der Waals surface area contributed by atoms with Crippen LogP contribution in [0.4, 0.5) is 5.69 Å². The van der Waals surface area contributed by atoms with Crippen LogP contribution in [0.3, 0.4) is 0 Å². The summed E-state index contributed by atoms with van der Waals surface area (Å²) in [5.74, 6) is 0. The fourth-order valence-electron chi connectivity index (χ4n) is 1.16. The number of rotatable bonds is 0. The molecule has 0 amide bonds. The Bertz CT molecular complexity index is 304. The highest BCUT2D eigenvalue weighted by atomic mass is 35.5. The molecule has 0 bridgehead atoms. The Kier molecular flexibility index (Phi) is 1.59. The first-order valence-corrected chi connectivity index (χ1v) is 3.85. The van der Waals surface area contributed by atoms with Gasteiger partial charge in [0, 0.05) is 12.6 Å². The largest absolute Gasteiger partial charge is 0.360 e. The molecule has 1 aromatic rings. The molecule has 0 aliphatic carbocycles. The first kappa shape index (κ1) is 6.74. The topological polar surface area (TPSA) is 12.0 Å². The van der Waals surface area contributed by atoms with Gasteiger partial charge in [-0.1, -0.05) is 23.7 Å². The van der Waals surface area contributed by atoms with E-state index in [0.29, 0.717) is 0 Å². The summed E-state index contributed by atoms with van der Waals surface area (Å²) in [6.07, 6.45) is 5.72. The van der Waals surface area contributed by atoms with Gasteiger partial charge in [0.1, 0.15) is 0 Å². The van der Waals surface area contributed by atoms with Crippen molar-refractivity contribution in [2.24, 2.45) is 0 Å². The van der Waals surface area contributed by atoms with Gasteiger partial charge in [-0.15, -0.1) is 0 Å². The van der Waals surface area contributed by atoms with Crippen molar-refractivity contribution in [2.45, 2.75) is 6.42 Å². The maximum Gasteiger partial charge on any atom is 0.0643 e. The summed E-state index contributed by atoms with van der Waals surface area (Å²) in [6, 6.07) is 5.89. The summed E-state index contributed by atoms with van der Waals surface area (Å²) in [4.78, 5) is 0. The molecule has 2 heteroatoms. The van der Waals surface area contributed by atoms with Crippen LogP contribution in [0.15, 0.2) is 24.4 Å². The van der Waals surface area contributed by atoms with Gasteiger partial charge in [0.15, 0.2) is 0 Å². The van der Waals surface area contributed by atoms with Crippen molar-refractivity contribution < 1.29 is 0 Å². The molecule has 1 nitrogen and oxygen atoms in total. The number of nitrogens with one attached hydrogen (secondary N) is 1. The van der Waals surface area contributed by atoms with E-state index in [9.17, 15) is 0 Å². The van der Waals surface area contributed by atoms with Crippen molar-refractivity contribution in [2.75, 3.05) is 5.32 Å². The van der Waals surface area contributed by atoms with E-state index >= 15 is 0 Å². The Morgan fingerprint density at radius 2 is 2.36 bits per heavy atom. The molecule has 1 aliphatic heterocycles. The van der Waals surface area contributed by atoms with Gasteiger partial charge in [0.05, 0.1) is 10.7 Å². The lowest BCUT2D eigenvalue weighted by Gasteiger charge is -2.12. The molecule has 55 valence electrons. The van der Waals surface area contributed by atoms with Crippen molar-refractivity contribution in [3.05, 3.63) is 41.1 Å². The van der Waals surface area contributed by atoms with E-state index < -0.39 is 0 Å². The van der Waals surface area contributed by atoms with Crippen molar-refractivity contribution in [3.8, 4) is 0 Å². The zero-order valence-electron chi connectivity index (χ0n) is 5.89. The maximum atomic E-state index is 5.93. The minimum absolute atomic E-state index is 0.778. The molecular formula is C9H7ClN. The smallest absolute Gasteiger partial charge is 0.0643 e. The van der Waals surface area contributed by atoms with Gasteiger partial charge < -0.3 is 5.32 Å². The third kappa shape index (κ3) is 1.12. The molecule has 0 saturated carbocycles. The van der Waals surface area contributed by atoms with Crippen LogP contribution in [0, 0.1) is 6.08 Å². The third-order valence-electron chi connectivity index (χ3n) is 1.71. The summed E-state index contributed by atoms with van der Waals surface area (Å²) < 4.78 is 0. The first-order valence-electron chi connectivity index (χ1n) is 3.47. The van der Waals surface area contributed by atoms with Crippen LogP contribution < -0.4 is 5.32 Å². The quantitative estimate of drug-likeness (QED) is 0.622. The monoisotopic (exact) mass is 164 g/mol. The Morgan fingerprint density at radius 3 is 3.18 bits per heavy atom. The molecule has 1 heterocycles. The number of allylic oxidation sites excluding steroid dienone is 1. The zero-order valence-corrected chi connectivity index (χ0v) is 6.65. The van der Waals surface area contributed by atoms with Gasteiger partial charge in [-0.2, -0.15) is 0 Å². The van der Waals surface area contributed by atoms with Crippen LogP contribution in [0.2, 0.25) is 5.02 Å². The second-order valence-electron chi connectivity index (χ2n) is 2.44. The van der Waals surface area contributed by atoms with E-state index in [-0.39, 0.29) is 0 Å².